The molecule has 0 aromatic heterocycles. The van der Waals surface area contributed by atoms with Crippen molar-refractivity contribution in [2.45, 2.75) is 39.5 Å². The quantitative estimate of drug-likeness (QED) is 0.300. The zero-order valence-corrected chi connectivity index (χ0v) is 17.8. The van der Waals surface area contributed by atoms with Crippen LogP contribution in [-0.4, -0.2) is 57.9 Å². The lowest BCUT2D eigenvalue weighted by molar-refractivity contribution is -0.114. The Morgan fingerprint density at radius 3 is 2.83 bits per heavy atom. The fourth-order valence-electron chi connectivity index (χ4n) is 3.11. The highest BCUT2D eigenvalue weighted by Gasteiger charge is 2.13. The normalized spacial score (nSPS) is 15.2. The lowest BCUT2D eigenvalue weighted by Crippen LogP contribution is -2.38. The molecule has 1 amide bonds. The minimum atomic E-state index is -0.129. The van der Waals surface area contributed by atoms with E-state index in [4.69, 9.17) is 9.47 Å². The van der Waals surface area contributed by atoms with E-state index in [0.717, 1.165) is 70.9 Å². The molecule has 7 nitrogen and oxygen atoms in total. The molecular weight excluding hydrogens is 368 g/mol. The molecule has 1 aliphatic rings. The number of guanidine groups is 1. The van der Waals surface area contributed by atoms with Gasteiger partial charge in [-0.05, 0) is 56.2 Å². The number of hydrogen-bond donors (Lipinski definition) is 3. The fourth-order valence-corrected chi connectivity index (χ4v) is 3.11. The summed E-state index contributed by atoms with van der Waals surface area (Å²) in [6.45, 7) is 8.92. The third-order valence-corrected chi connectivity index (χ3v) is 4.80. The van der Waals surface area contributed by atoms with Crippen molar-refractivity contribution in [2.24, 2.45) is 10.9 Å². The lowest BCUT2D eigenvalue weighted by Gasteiger charge is -2.21. The van der Waals surface area contributed by atoms with E-state index in [1.165, 1.54) is 5.56 Å². The molecule has 29 heavy (non-hydrogen) atoms. The van der Waals surface area contributed by atoms with Gasteiger partial charge in [-0.1, -0.05) is 19.1 Å². The third-order valence-electron chi connectivity index (χ3n) is 4.80. The summed E-state index contributed by atoms with van der Waals surface area (Å²) >= 11 is 0. The first-order chi connectivity index (χ1) is 14.2. The van der Waals surface area contributed by atoms with E-state index in [1.54, 1.807) is 0 Å². The van der Waals surface area contributed by atoms with Crippen molar-refractivity contribution in [3.8, 4) is 0 Å². The SMILES string of the molecule is CCNC(=NCC(=O)Nc1cccc(CC)c1)NCCCOCC1CCOCC1. The van der Waals surface area contributed by atoms with Gasteiger partial charge in [0.2, 0.25) is 5.91 Å². The molecule has 0 bridgehead atoms. The van der Waals surface area contributed by atoms with Gasteiger partial charge in [0.15, 0.2) is 5.96 Å². The minimum absolute atomic E-state index is 0.0753. The number of amides is 1. The molecule has 2 rings (SSSR count). The Morgan fingerprint density at radius 1 is 1.24 bits per heavy atom. The van der Waals surface area contributed by atoms with Crippen LogP contribution in [0.2, 0.25) is 0 Å². The molecule has 3 N–H and O–H groups in total. The van der Waals surface area contributed by atoms with Crippen molar-refractivity contribution in [3.63, 3.8) is 0 Å². The van der Waals surface area contributed by atoms with Gasteiger partial charge in [-0.3, -0.25) is 4.79 Å². The van der Waals surface area contributed by atoms with Gasteiger partial charge in [-0.2, -0.15) is 0 Å². The highest BCUT2D eigenvalue weighted by molar-refractivity contribution is 5.94. The number of benzene rings is 1. The van der Waals surface area contributed by atoms with Crippen LogP contribution in [0.15, 0.2) is 29.3 Å². The number of ether oxygens (including phenoxy) is 2. The second-order valence-corrected chi connectivity index (χ2v) is 7.21. The van der Waals surface area contributed by atoms with Gasteiger partial charge >= 0.3 is 0 Å². The summed E-state index contributed by atoms with van der Waals surface area (Å²) in [6, 6.07) is 7.89. The molecule has 0 spiro atoms. The lowest BCUT2D eigenvalue weighted by atomic mass is 10.0. The number of nitrogens with one attached hydrogen (secondary N) is 3. The van der Waals surface area contributed by atoms with Crippen molar-refractivity contribution in [1.82, 2.24) is 10.6 Å². The summed E-state index contributed by atoms with van der Waals surface area (Å²) in [5, 5.41) is 9.32. The van der Waals surface area contributed by atoms with Crippen LogP contribution in [0, 0.1) is 5.92 Å². The average molecular weight is 405 g/mol. The maximum absolute atomic E-state index is 12.2. The fraction of sp³-hybridized carbons (Fsp3) is 0.636. The molecule has 1 fully saturated rings. The number of aliphatic imine (C=N–C) groups is 1. The maximum Gasteiger partial charge on any atom is 0.246 e. The summed E-state index contributed by atoms with van der Waals surface area (Å²) < 4.78 is 11.1. The first kappa shape index (κ1) is 23.2. The molecule has 1 saturated heterocycles. The van der Waals surface area contributed by atoms with E-state index >= 15 is 0 Å². The van der Waals surface area contributed by atoms with Gasteiger partial charge in [-0.25, -0.2) is 4.99 Å². The second-order valence-electron chi connectivity index (χ2n) is 7.21. The summed E-state index contributed by atoms with van der Waals surface area (Å²) in [7, 11) is 0. The monoisotopic (exact) mass is 404 g/mol. The van der Waals surface area contributed by atoms with Gasteiger partial charge in [-0.15, -0.1) is 0 Å². The first-order valence-electron chi connectivity index (χ1n) is 10.8. The van der Waals surface area contributed by atoms with Crippen LogP contribution in [-0.2, 0) is 20.7 Å². The smallest absolute Gasteiger partial charge is 0.246 e. The third kappa shape index (κ3) is 9.76. The summed E-state index contributed by atoms with van der Waals surface area (Å²) in [6.07, 6.45) is 4.03. The van der Waals surface area contributed by atoms with Crippen molar-refractivity contribution in [2.75, 3.05) is 51.4 Å². The summed E-state index contributed by atoms with van der Waals surface area (Å²) in [5.74, 6) is 1.15. The van der Waals surface area contributed by atoms with Gasteiger partial charge in [0.25, 0.3) is 0 Å². The molecule has 1 aromatic rings. The number of rotatable bonds is 11. The predicted octanol–water partition coefficient (Wildman–Crippen LogP) is 2.58. The van der Waals surface area contributed by atoms with Crippen LogP contribution in [0.5, 0.6) is 0 Å². The van der Waals surface area contributed by atoms with Gasteiger partial charge < -0.3 is 25.4 Å². The van der Waals surface area contributed by atoms with Gasteiger partial charge in [0, 0.05) is 45.2 Å². The highest BCUT2D eigenvalue weighted by atomic mass is 16.5. The standard InChI is InChI=1S/C22H36N4O3/c1-3-18-7-5-8-20(15-18)26-21(27)16-25-22(23-4-2)24-11-6-12-29-17-19-9-13-28-14-10-19/h5,7-8,15,19H,3-4,6,9-14,16-17H2,1-2H3,(H,26,27)(H2,23,24,25). The van der Waals surface area contributed by atoms with Crippen molar-refractivity contribution >= 4 is 17.6 Å². The molecule has 1 heterocycles. The number of hydrogen-bond acceptors (Lipinski definition) is 4. The molecule has 0 aliphatic carbocycles. The Hall–Kier alpha value is -2.12. The molecule has 7 heteroatoms. The van der Waals surface area contributed by atoms with Crippen LogP contribution in [0.3, 0.4) is 0 Å². The Labute approximate surface area is 174 Å². The molecule has 0 unspecified atom stereocenters. The zero-order chi connectivity index (χ0) is 20.7. The Balaban J connectivity index is 1.64. The molecular formula is C22H36N4O3. The topological polar surface area (TPSA) is 84.0 Å². The second kappa shape index (κ2) is 14.0. The summed E-state index contributed by atoms with van der Waals surface area (Å²) in [5.41, 5.74) is 2.00. The Kier molecular flexibility index (Phi) is 11.1. The Morgan fingerprint density at radius 2 is 2.07 bits per heavy atom. The highest BCUT2D eigenvalue weighted by Crippen LogP contribution is 2.14. The predicted molar refractivity (Wildman–Crippen MR) is 117 cm³/mol. The molecule has 0 radical (unpaired) electrons. The maximum atomic E-state index is 12.2. The van der Waals surface area contributed by atoms with E-state index in [0.29, 0.717) is 11.9 Å². The van der Waals surface area contributed by atoms with E-state index in [-0.39, 0.29) is 12.5 Å². The minimum Gasteiger partial charge on any atom is -0.381 e. The Bertz CT molecular complexity index is 630. The first-order valence-corrected chi connectivity index (χ1v) is 10.8. The van der Waals surface area contributed by atoms with Crippen molar-refractivity contribution < 1.29 is 14.3 Å². The number of carbonyl (C=O) groups is 1. The van der Waals surface area contributed by atoms with Crippen LogP contribution >= 0.6 is 0 Å². The van der Waals surface area contributed by atoms with Crippen molar-refractivity contribution in [3.05, 3.63) is 29.8 Å². The van der Waals surface area contributed by atoms with E-state index in [2.05, 4.69) is 27.9 Å². The van der Waals surface area contributed by atoms with Crippen LogP contribution in [0.25, 0.3) is 0 Å². The van der Waals surface area contributed by atoms with E-state index < -0.39 is 0 Å². The van der Waals surface area contributed by atoms with Gasteiger partial charge in [0.05, 0.1) is 0 Å². The number of aryl methyl sites for hydroxylation is 1. The van der Waals surface area contributed by atoms with E-state index in [9.17, 15) is 4.79 Å². The van der Waals surface area contributed by atoms with Crippen molar-refractivity contribution in [1.29, 1.82) is 0 Å². The van der Waals surface area contributed by atoms with Gasteiger partial charge in [0.1, 0.15) is 6.54 Å². The number of nitrogens with zero attached hydrogens (tertiary/aromatic N) is 1. The summed E-state index contributed by atoms with van der Waals surface area (Å²) in [4.78, 5) is 16.6. The number of anilines is 1. The largest absolute Gasteiger partial charge is 0.381 e. The molecule has 0 saturated carbocycles. The van der Waals surface area contributed by atoms with Crippen LogP contribution in [0.1, 0.15) is 38.7 Å². The molecule has 0 atom stereocenters. The molecule has 1 aromatic carbocycles. The zero-order valence-electron chi connectivity index (χ0n) is 17.8. The van der Waals surface area contributed by atoms with E-state index in [1.807, 2.05) is 31.2 Å². The van der Waals surface area contributed by atoms with Crippen LogP contribution < -0.4 is 16.0 Å². The molecule has 162 valence electrons. The average Bonchev–Trinajstić information content (AvgIpc) is 2.75. The molecule has 1 aliphatic heterocycles. The number of carbonyl (C=O) groups excluding carboxylic acids is 1. The van der Waals surface area contributed by atoms with Crippen LogP contribution in [0.4, 0.5) is 5.69 Å².